The molecule has 0 fully saturated rings. The van der Waals surface area contributed by atoms with Crippen LogP contribution in [-0.2, 0) is 13.2 Å². The van der Waals surface area contributed by atoms with Gasteiger partial charge in [-0.2, -0.15) is 0 Å². The Hall–Kier alpha value is -2.01. The Morgan fingerprint density at radius 3 is 2.39 bits per heavy atom. The molecule has 0 bridgehead atoms. The Morgan fingerprint density at radius 1 is 1.11 bits per heavy atom. The lowest BCUT2D eigenvalue weighted by atomic mass is 10.1. The van der Waals surface area contributed by atoms with Crippen LogP contribution in [0, 0.1) is 11.6 Å². The molecule has 2 N–H and O–H groups in total. The highest BCUT2D eigenvalue weighted by atomic mass is 19.1. The van der Waals surface area contributed by atoms with E-state index < -0.39 is 11.6 Å². The first-order valence-electron chi connectivity index (χ1n) is 5.42. The average Bonchev–Trinajstić information content (AvgIpc) is 2.38. The first kappa shape index (κ1) is 12.4. The maximum atomic E-state index is 13.3. The standard InChI is InChI=1S/C13H12F2N2O/c14-11-5-12(15)13(17-7-11)16-6-9-1-3-10(8-18)4-2-9/h1-5,7,18H,6,8H2,(H,16,17). The summed E-state index contributed by atoms with van der Waals surface area (Å²) in [7, 11) is 0. The Labute approximate surface area is 103 Å². The minimum atomic E-state index is -0.720. The zero-order chi connectivity index (χ0) is 13.0. The van der Waals surface area contributed by atoms with E-state index >= 15 is 0 Å². The van der Waals surface area contributed by atoms with Gasteiger partial charge in [0.05, 0.1) is 12.8 Å². The number of anilines is 1. The molecule has 0 aliphatic rings. The molecule has 0 saturated heterocycles. The normalized spacial score (nSPS) is 10.4. The predicted molar refractivity (Wildman–Crippen MR) is 63.8 cm³/mol. The van der Waals surface area contributed by atoms with Gasteiger partial charge in [0.15, 0.2) is 11.6 Å². The number of rotatable bonds is 4. The first-order valence-corrected chi connectivity index (χ1v) is 5.42. The molecule has 2 aromatic rings. The molecule has 0 radical (unpaired) electrons. The second kappa shape index (κ2) is 5.55. The number of pyridine rings is 1. The summed E-state index contributed by atoms with van der Waals surface area (Å²) in [5.74, 6) is -1.41. The van der Waals surface area contributed by atoms with Crippen molar-refractivity contribution < 1.29 is 13.9 Å². The third-order valence-corrected chi connectivity index (χ3v) is 2.47. The minimum Gasteiger partial charge on any atom is -0.392 e. The van der Waals surface area contributed by atoms with Gasteiger partial charge in [0, 0.05) is 12.6 Å². The highest BCUT2D eigenvalue weighted by Crippen LogP contribution is 2.13. The molecule has 0 spiro atoms. The Bertz CT molecular complexity index is 529. The molecule has 0 aliphatic carbocycles. The van der Waals surface area contributed by atoms with Crippen molar-refractivity contribution in [2.24, 2.45) is 0 Å². The zero-order valence-corrected chi connectivity index (χ0v) is 9.53. The van der Waals surface area contributed by atoms with Gasteiger partial charge in [-0.05, 0) is 11.1 Å². The van der Waals surface area contributed by atoms with Crippen molar-refractivity contribution in [1.82, 2.24) is 4.98 Å². The summed E-state index contributed by atoms with van der Waals surface area (Å²) in [4.78, 5) is 3.63. The summed E-state index contributed by atoms with van der Waals surface area (Å²) in [6.07, 6.45) is 0.959. The van der Waals surface area contributed by atoms with E-state index in [1.807, 2.05) is 12.1 Å². The van der Waals surface area contributed by atoms with Gasteiger partial charge >= 0.3 is 0 Å². The number of benzene rings is 1. The van der Waals surface area contributed by atoms with Crippen LogP contribution in [-0.4, -0.2) is 10.1 Å². The third-order valence-electron chi connectivity index (χ3n) is 2.47. The number of nitrogens with one attached hydrogen (secondary N) is 1. The number of hydrogen-bond donors (Lipinski definition) is 2. The molecule has 1 aromatic carbocycles. The van der Waals surface area contributed by atoms with Crippen molar-refractivity contribution in [3.05, 3.63) is 59.3 Å². The van der Waals surface area contributed by atoms with E-state index in [-0.39, 0.29) is 12.4 Å². The molecule has 2 rings (SSSR count). The van der Waals surface area contributed by atoms with Crippen LogP contribution in [0.1, 0.15) is 11.1 Å². The quantitative estimate of drug-likeness (QED) is 0.876. The second-order valence-electron chi connectivity index (χ2n) is 3.81. The Kier molecular flexibility index (Phi) is 3.84. The molecule has 18 heavy (non-hydrogen) atoms. The average molecular weight is 250 g/mol. The van der Waals surface area contributed by atoms with E-state index in [0.717, 1.165) is 23.4 Å². The summed E-state index contributed by atoms with van der Waals surface area (Å²) >= 11 is 0. The lowest BCUT2D eigenvalue weighted by molar-refractivity contribution is 0.282. The monoisotopic (exact) mass is 250 g/mol. The molecule has 0 aliphatic heterocycles. The summed E-state index contributed by atoms with van der Waals surface area (Å²) in [6.45, 7) is 0.364. The van der Waals surface area contributed by atoms with Crippen LogP contribution < -0.4 is 5.32 Å². The smallest absolute Gasteiger partial charge is 0.168 e. The van der Waals surface area contributed by atoms with Gasteiger partial charge in [-0.25, -0.2) is 13.8 Å². The van der Waals surface area contributed by atoms with Gasteiger partial charge in [0.1, 0.15) is 5.82 Å². The lowest BCUT2D eigenvalue weighted by Gasteiger charge is -2.07. The van der Waals surface area contributed by atoms with E-state index in [2.05, 4.69) is 10.3 Å². The van der Waals surface area contributed by atoms with E-state index in [1.54, 1.807) is 12.1 Å². The summed E-state index contributed by atoms with van der Waals surface area (Å²) < 4.78 is 25.9. The highest BCUT2D eigenvalue weighted by Gasteiger charge is 2.04. The van der Waals surface area contributed by atoms with Gasteiger partial charge in [-0.3, -0.25) is 0 Å². The fourth-order valence-corrected chi connectivity index (χ4v) is 1.49. The molecule has 5 heteroatoms. The van der Waals surface area contributed by atoms with Crippen molar-refractivity contribution in [3.8, 4) is 0 Å². The van der Waals surface area contributed by atoms with Crippen LogP contribution in [0.5, 0.6) is 0 Å². The van der Waals surface area contributed by atoms with Gasteiger partial charge in [0.25, 0.3) is 0 Å². The maximum absolute atomic E-state index is 13.3. The molecular formula is C13H12F2N2O. The molecule has 1 heterocycles. The lowest BCUT2D eigenvalue weighted by Crippen LogP contribution is -2.04. The third kappa shape index (κ3) is 3.01. The summed E-state index contributed by atoms with van der Waals surface area (Å²) in [6, 6.07) is 7.99. The van der Waals surface area contributed by atoms with Crippen molar-refractivity contribution >= 4 is 5.82 Å². The van der Waals surface area contributed by atoms with Crippen LogP contribution in [0.2, 0.25) is 0 Å². The number of hydrogen-bond acceptors (Lipinski definition) is 3. The predicted octanol–water partition coefficient (Wildman–Crippen LogP) is 2.46. The Morgan fingerprint density at radius 2 is 1.78 bits per heavy atom. The number of nitrogens with zero attached hydrogens (tertiary/aromatic N) is 1. The van der Waals surface area contributed by atoms with Crippen molar-refractivity contribution in [3.63, 3.8) is 0 Å². The van der Waals surface area contributed by atoms with E-state index in [0.29, 0.717) is 6.54 Å². The molecule has 0 saturated carbocycles. The van der Waals surface area contributed by atoms with Crippen LogP contribution in [0.4, 0.5) is 14.6 Å². The Balaban J connectivity index is 2.02. The molecule has 0 unspecified atom stereocenters. The molecular weight excluding hydrogens is 238 g/mol. The number of halogens is 2. The first-order chi connectivity index (χ1) is 8.69. The van der Waals surface area contributed by atoms with Gasteiger partial charge < -0.3 is 10.4 Å². The molecule has 0 amide bonds. The van der Waals surface area contributed by atoms with Crippen LogP contribution in [0.3, 0.4) is 0 Å². The van der Waals surface area contributed by atoms with Crippen molar-refractivity contribution in [2.45, 2.75) is 13.2 Å². The molecule has 3 nitrogen and oxygen atoms in total. The summed E-state index contributed by atoms with van der Waals surface area (Å²) in [5, 5.41) is 11.7. The van der Waals surface area contributed by atoms with Crippen LogP contribution in [0.15, 0.2) is 36.5 Å². The van der Waals surface area contributed by atoms with E-state index in [4.69, 9.17) is 5.11 Å². The molecule has 94 valence electrons. The SMILES string of the molecule is OCc1ccc(CNc2ncc(F)cc2F)cc1. The van der Waals surface area contributed by atoms with E-state index in [9.17, 15) is 8.78 Å². The topological polar surface area (TPSA) is 45.1 Å². The second-order valence-corrected chi connectivity index (χ2v) is 3.81. The van der Waals surface area contributed by atoms with Crippen LogP contribution in [0.25, 0.3) is 0 Å². The maximum Gasteiger partial charge on any atom is 0.168 e. The molecule has 0 atom stereocenters. The zero-order valence-electron chi connectivity index (χ0n) is 9.53. The van der Waals surface area contributed by atoms with Gasteiger partial charge in [-0.1, -0.05) is 24.3 Å². The fraction of sp³-hybridized carbons (Fsp3) is 0.154. The number of aliphatic hydroxyl groups excluding tert-OH is 1. The summed E-state index contributed by atoms with van der Waals surface area (Å²) in [5.41, 5.74) is 1.72. The van der Waals surface area contributed by atoms with E-state index in [1.165, 1.54) is 0 Å². The molecule has 1 aromatic heterocycles. The largest absolute Gasteiger partial charge is 0.392 e. The fourth-order valence-electron chi connectivity index (χ4n) is 1.49. The minimum absolute atomic E-state index is 0.0120. The highest BCUT2D eigenvalue weighted by molar-refractivity contribution is 5.37. The van der Waals surface area contributed by atoms with Gasteiger partial charge in [-0.15, -0.1) is 0 Å². The van der Waals surface area contributed by atoms with Crippen molar-refractivity contribution in [1.29, 1.82) is 0 Å². The number of aliphatic hydroxyl groups is 1. The van der Waals surface area contributed by atoms with Gasteiger partial charge in [0.2, 0.25) is 0 Å². The number of aromatic nitrogens is 1. The van der Waals surface area contributed by atoms with Crippen molar-refractivity contribution in [2.75, 3.05) is 5.32 Å². The van der Waals surface area contributed by atoms with Crippen LogP contribution >= 0.6 is 0 Å².